The van der Waals surface area contributed by atoms with Crippen molar-refractivity contribution < 1.29 is 14.6 Å². The number of benzene rings is 2. The summed E-state index contributed by atoms with van der Waals surface area (Å²) in [6.07, 6.45) is 1.80. The van der Waals surface area contributed by atoms with Crippen LogP contribution in [0.5, 0.6) is 5.75 Å². The molecule has 1 aliphatic heterocycles. The van der Waals surface area contributed by atoms with Crippen LogP contribution < -0.4 is 4.74 Å². The first-order valence-electron chi connectivity index (χ1n) is 12.6. The number of pyridine rings is 1. The van der Waals surface area contributed by atoms with Gasteiger partial charge in [0.1, 0.15) is 16.9 Å². The molecule has 0 unspecified atom stereocenters. The predicted molar refractivity (Wildman–Crippen MR) is 142 cm³/mol. The minimum atomic E-state index is -0.833. The molecule has 2 aromatic heterocycles. The van der Waals surface area contributed by atoms with E-state index in [4.69, 9.17) is 4.74 Å². The quantitative estimate of drug-likeness (QED) is 0.409. The third kappa shape index (κ3) is 5.06. The number of fused-ring (bicyclic) bond motifs is 2. The fraction of sp³-hybridized carbons (Fsp3) is 0.379. The van der Waals surface area contributed by atoms with E-state index in [1.807, 2.05) is 38.2 Å². The molecule has 8 heteroatoms. The first kappa shape index (κ1) is 24.9. The van der Waals surface area contributed by atoms with E-state index in [1.165, 1.54) is 11.1 Å². The van der Waals surface area contributed by atoms with E-state index in [0.717, 1.165) is 45.7 Å². The maximum Gasteiger partial charge on any atom is 0.304 e. The van der Waals surface area contributed by atoms with E-state index in [-0.39, 0.29) is 17.9 Å². The van der Waals surface area contributed by atoms with Crippen LogP contribution >= 0.6 is 0 Å². The van der Waals surface area contributed by atoms with Gasteiger partial charge in [-0.2, -0.15) is 0 Å². The smallest absolute Gasteiger partial charge is 0.304 e. The van der Waals surface area contributed by atoms with Crippen LogP contribution in [0, 0.1) is 13.8 Å². The van der Waals surface area contributed by atoms with Crippen LogP contribution in [0.1, 0.15) is 59.7 Å². The zero-order chi connectivity index (χ0) is 26.3. The van der Waals surface area contributed by atoms with Crippen LogP contribution in [-0.4, -0.2) is 48.1 Å². The molecule has 8 nitrogen and oxygen atoms in total. The van der Waals surface area contributed by atoms with Gasteiger partial charge in [-0.1, -0.05) is 29.5 Å². The highest BCUT2D eigenvalue weighted by Gasteiger charge is 2.30. The summed E-state index contributed by atoms with van der Waals surface area (Å²) in [5.74, 6) is -0.300. The SMILES string of the molecule is Cc1ccc([C@@H](CC(=O)O)c2ccc3c(nnn3C)c2C)cc1CN1Cc2ncccc2OC(C)(C)C1. The molecule has 3 heterocycles. The van der Waals surface area contributed by atoms with Crippen LogP contribution in [0.3, 0.4) is 0 Å². The maximum absolute atomic E-state index is 12.0. The Morgan fingerprint density at radius 3 is 2.78 bits per heavy atom. The molecule has 0 aliphatic carbocycles. The molecule has 0 saturated carbocycles. The second-order valence-corrected chi connectivity index (χ2v) is 10.7. The summed E-state index contributed by atoms with van der Waals surface area (Å²) in [6, 6.07) is 14.2. The van der Waals surface area contributed by atoms with Crippen molar-refractivity contribution >= 4 is 17.0 Å². The molecule has 5 rings (SSSR count). The van der Waals surface area contributed by atoms with Gasteiger partial charge in [0.25, 0.3) is 0 Å². The Labute approximate surface area is 216 Å². The topological polar surface area (TPSA) is 93.4 Å². The Bertz CT molecular complexity index is 1480. The number of nitrogens with zero attached hydrogens (tertiary/aromatic N) is 5. The van der Waals surface area contributed by atoms with Gasteiger partial charge in [0.05, 0.1) is 17.6 Å². The van der Waals surface area contributed by atoms with Gasteiger partial charge in [-0.15, -0.1) is 5.10 Å². The van der Waals surface area contributed by atoms with Crippen LogP contribution in [0.15, 0.2) is 48.7 Å². The highest BCUT2D eigenvalue weighted by molar-refractivity contribution is 5.80. The number of aromatic nitrogens is 4. The van der Waals surface area contributed by atoms with Crippen molar-refractivity contribution in [1.29, 1.82) is 0 Å². The molecular formula is C29H33N5O3. The molecule has 1 N–H and O–H groups in total. The lowest BCUT2D eigenvalue weighted by Crippen LogP contribution is -2.40. The zero-order valence-electron chi connectivity index (χ0n) is 22.0. The molecule has 2 aromatic carbocycles. The van der Waals surface area contributed by atoms with E-state index >= 15 is 0 Å². The average molecular weight is 500 g/mol. The first-order valence-corrected chi connectivity index (χ1v) is 12.6. The third-order valence-corrected chi connectivity index (χ3v) is 7.22. The van der Waals surface area contributed by atoms with Crippen molar-refractivity contribution in [3.63, 3.8) is 0 Å². The standard InChI is InChI=1S/C29H33N5O3/c1-18-8-9-20(23(14-27(35)36)22-10-11-25-28(19(22)2)31-32-33(25)5)13-21(18)15-34-16-24-26(7-6-12-30-24)37-29(3,4)17-34/h6-13,23H,14-17H2,1-5H3,(H,35,36)/t23-/m1/s1. The Morgan fingerprint density at radius 2 is 2.00 bits per heavy atom. The van der Waals surface area contributed by atoms with Gasteiger partial charge in [0, 0.05) is 38.8 Å². The van der Waals surface area contributed by atoms with Crippen molar-refractivity contribution in [2.75, 3.05) is 6.54 Å². The van der Waals surface area contributed by atoms with Gasteiger partial charge in [-0.05, 0) is 73.7 Å². The number of carboxylic acids is 1. The second-order valence-electron chi connectivity index (χ2n) is 10.7. The van der Waals surface area contributed by atoms with E-state index in [2.05, 4.69) is 59.2 Å². The van der Waals surface area contributed by atoms with Gasteiger partial charge in [0.15, 0.2) is 0 Å². The largest absolute Gasteiger partial charge is 0.485 e. The van der Waals surface area contributed by atoms with E-state index in [1.54, 1.807) is 10.9 Å². The summed E-state index contributed by atoms with van der Waals surface area (Å²) in [5.41, 5.74) is 7.55. The van der Waals surface area contributed by atoms with Crippen LogP contribution in [-0.2, 0) is 24.9 Å². The Hall–Kier alpha value is -3.78. The van der Waals surface area contributed by atoms with Crippen LogP contribution in [0.4, 0.5) is 0 Å². The van der Waals surface area contributed by atoms with Gasteiger partial charge in [-0.3, -0.25) is 14.7 Å². The number of aliphatic carboxylic acids is 1. The summed E-state index contributed by atoms with van der Waals surface area (Å²) in [5, 5.41) is 18.3. The molecule has 0 spiro atoms. The molecule has 0 amide bonds. The average Bonchev–Trinajstić information content (AvgIpc) is 3.15. The van der Waals surface area contributed by atoms with Crippen molar-refractivity contribution in [2.24, 2.45) is 7.05 Å². The fourth-order valence-corrected chi connectivity index (χ4v) is 5.41. The van der Waals surface area contributed by atoms with Gasteiger partial charge >= 0.3 is 5.97 Å². The third-order valence-electron chi connectivity index (χ3n) is 7.22. The minimum absolute atomic E-state index is 0.00299. The summed E-state index contributed by atoms with van der Waals surface area (Å²) >= 11 is 0. The van der Waals surface area contributed by atoms with Crippen molar-refractivity contribution in [1.82, 2.24) is 24.9 Å². The number of carbonyl (C=O) groups is 1. The molecule has 0 bridgehead atoms. The maximum atomic E-state index is 12.0. The lowest BCUT2D eigenvalue weighted by atomic mass is 9.84. The van der Waals surface area contributed by atoms with Crippen molar-refractivity contribution in [3.05, 3.63) is 82.2 Å². The van der Waals surface area contributed by atoms with Crippen molar-refractivity contribution in [3.8, 4) is 5.75 Å². The zero-order valence-corrected chi connectivity index (χ0v) is 22.0. The Morgan fingerprint density at radius 1 is 1.19 bits per heavy atom. The van der Waals surface area contributed by atoms with E-state index in [0.29, 0.717) is 13.1 Å². The fourth-order valence-electron chi connectivity index (χ4n) is 5.41. The molecular weight excluding hydrogens is 466 g/mol. The van der Waals surface area contributed by atoms with Gasteiger partial charge < -0.3 is 9.84 Å². The van der Waals surface area contributed by atoms with Gasteiger partial charge in [-0.25, -0.2) is 4.68 Å². The minimum Gasteiger partial charge on any atom is -0.485 e. The summed E-state index contributed by atoms with van der Waals surface area (Å²) < 4.78 is 8.01. The van der Waals surface area contributed by atoms with Crippen molar-refractivity contribution in [2.45, 2.75) is 58.7 Å². The Balaban J connectivity index is 1.51. The Kier molecular flexibility index (Phi) is 6.45. The molecule has 0 radical (unpaired) electrons. The number of hydrogen-bond donors (Lipinski definition) is 1. The lowest BCUT2D eigenvalue weighted by Gasteiger charge is -2.30. The monoisotopic (exact) mass is 499 g/mol. The number of ether oxygens (including phenoxy) is 1. The van der Waals surface area contributed by atoms with E-state index < -0.39 is 5.97 Å². The summed E-state index contributed by atoms with van der Waals surface area (Å²) in [4.78, 5) is 18.9. The number of hydrogen-bond acceptors (Lipinski definition) is 6. The lowest BCUT2D eigenvalue weighted by molar-refractivity contribution is -0.137. The number of carboxylic acid groups (broad SMARTS) is 1. The summed E-state index contributed by atoms with van der Waals surface area (Å²) in [7, 11) is 1.86. The van der Waals surface area contributed by atoms with Gasteiger partial charge in [0.2, 0.25) is 0 Å². The normalized spacial score (nSPS) is 16.1. The van der Waals surface area contributed by atoms with E-state index in [9.17, 15) is 9.90 Å². The second kappa shape index (κ2) is 9.59. The molecule has 0 saturated heterocycles. The highest BCUT2D eigenvalue weighted by Crippen LogP contribution is 2.35. The first-order chi connectivity index (χ1) is 17.6. The van der Waals surface area contributed by atoms with Crippen LogP contribution in [0.25, 0.3) is 11.0 Å². The molecule has 37 heavy (non-hydrogen) atoms. The summed E-state index contributed by atoms with van der Waals surface area (Å²) in [6.45, 7) is 10.4. The predicted octanol–water partition coefficient (Wildman–Crippen LogP) is 4.76. The highest BCUT2D eigenvalue weighted by atomic mass is 16.5. The molecule has 4 aromatic rings. The molecule has 1 aliphatic rings. The van der Waals surface area contributed by atoms with Crippen LogP contribution in [0.2, 0.25) is 0 Å². The molecule has 0 fully saturated rings. The number of aryl methyl sites for hydroxylation is 3. The number of rotatable bonds is 6. The molecule has 1 atom stereocenters. The molecule has 192 valence electrons.